The van der Waals surface area contributed by atoms with Gasteiger partial charge in [-0.3, -0.25) is 9.59 Å². The van der Waals surface area contributed by atoms with Crippen LogP contribution in [0.3, 0.4) is 0 Å². The Morgan fingerprint density at radius 1 is 1.32 bits per heavy atom. The molecule has 1 aliphatic heterocycles. The fourth-order valence-corrected chi connectivity index (χ4v) is 3.14. The molecular weight excluding hydrogens is 349 g/mol. The quantitative estimate of drug-likeness (QED) is 0.558. The summed E-state index contributed by atoms with van der Waals surface area (Å²) in [5.41, 5.74) is 10.9. The first-order valence-electron chi connectivity index (χ1n) is 5.98. The molecule has 2 rings (SSSR count). The number of nitrogens with zero attached hydrogens (tertiary/aromatic N) is 2. The Labute approximate surface area is 140 Å². The topological polar surface area (TPSA) is 123 Å². The van der Waals surface area contributed by atoms with Crippen LogP contribution in [-0.2, 0) is 9.59 Å². The summed E-state index contributed by atoms with van der Waals surface area (Å²) in [7, 11) is 0. The van der Waals surface area contributed by atoms with E-state index in [9.17, 15) is 9.59 Å². The molecule has 5 N–H and O–H groups in total. The minimum atomic E-state index is -0.659. The highest BCUT2D eigenvalue weighted by molar-refractivity contribution is 8.15. The molecule has 0 bridgehead atoms. The number of anilines is 1. The van der Waals surface area contributed by atoms with Gasteiger partial charge in [0.2, 0.25) is 5.91 Å². The molecule has 0 spiro atoms. The Morgan fingerprint density at radius 2 is 1.95 bits per heavy atom. The fraction of sp³-hybridized carbons (Fsp3) is 0.167. The zero-order valence-corrected chi connectivity index (χ0v) is 13.4. The highest BCUT2D eigenvalue weighted by Crippen LogP contribution is 2.27. The number of carbonyl (C=O) groups is 2. The lowest BCUT2D eigenvalue weighted by Gasteiger charge is -2.08. The molecule has 0 saturated carbocycles. The number of aliphatic imine (C=N–C) groups is 2. The first-order chi connectivity index (χ1) is 10.3. The smallest absolute Gasteiger partial charge is 0.262 e. The Kier molecular flexibility index (Phi) is 5.28. The summed E-state index contributed by atoms with van der Waals surface area (Å²) in [6, 6.07) is 4.65. The normalized spacial score (nSPS) is 17.1. The molecule has 0 aromatic heterocycles. The van der Waals surface area contributed by atoms with Gasteiger partial charge in [-0.1, -0.05) is 35.0 Å². The van der Waals surface area contributed by atoms with E-state index in [4.69, 9.17) is 34.7 Å². The molecule has 0 radical (unpaired) electrons. The third-order valence-corrected chi connectivity index (χ3v) is 3.95. The van der Waals surface area contributed by atoms with Gasteiger partial charge in [0.1, 0.15) is 5.25 Å². The van der Waals surface area contributed by atoms with E-state index in [1.807, 2.05) is 0 Å². The minimum Gasteiger partial charge on any atom is -0.370 e. The number of hydrogen-bond acceptors (Lipinski definition) is 4. The van der Waals surface area contributed by atoms with Crippen molar-refractivity contribution in [1.82, 2.24) is 0 Å². The van der Waals surface area contributed by atoms with E-state index in [0.717, 1.165) is 11.8 Å². The fourth-order valence-electron chi connectivity index (χ4n) is 1.67. The van der Waals surface area contributed by atoms with Gasteiger partial charge in [0.05, 0.1) is 0 Å². The second-order valence-corrected chi connectivity index (χ2v) is 6.33. The van der Waals surface area contributed by atoms with Crippen LogP contribution in [0.2, 0.25) is 10.0 Å². The monoisotopic (exact) mass is 359 g/mol. The molecular formula is C12H11Cl2N5O2S. The molecule has 1 aromatic rings. The first kappa shape index (κ1) is 16.6. The summed E-state index contributed by atoms with van der Waals surface area (Å²) in [6.07, 6.45) is -0.0688. The van der Waals surface area contributed by atoms with Gasteiger partial charge < -0.3 is 16.8 Å². The van der Waals surface area contributed by atoms with Crippen LogP contribution < -0.4 is 16.8 Å². The lowest BCUT2D eigenvalue weighted by Crippen LogP contribution is -2.23. The number of hydrogen-bond donors (Lipinski definition) is 3. The number of guanidine groups is 1. The molecule has 7 nitrogen and oxygen atoms in total. The second-order valence-electron chi connectivity index (χ2n) is 4.29. The maximum absolute atomic E-state index is 12.0. The van der Waals surface area contributed by atoms with Crippen LogP contribution in [0.1, 0.15) is 6.42 Å². The van der Waals surface area contributed by atoms with Gasteiger partial charge in [0.15, 0.2) is 11.1 Å². The SMILES string of the molecule is NC(N)=NC1=NC(=O)[C@H](CC(=O)Nc2cc(Cl)cc(Cl)c2)S1. The number of benzene rings is 1. The lowest BCUT2D eigenvalue weighted by molar-refractivity contribution is -0.121. The van der Waals surface area contributed by atoms with Gasteiger partial charge in [-0.25, -0.2) is 0 Å². The van der Waals surface area contributed by atoms with E-state index in [-0.39, 0.29) is 23.5 Å². The first-order valence-corrected chi connectivity index (χ1v) is 7.62. The summed E-state index contributed by atoms with van der Waals surface area (Å²) in [4.78, 5) is 31.0. The van der Waals surface area contributed by atoms with Crippen molar-refractivity contribution in [2.75, 3.05) is 5.32 Å². The maximum atomic E-state index is 12.0. The Morgan fingerprint density at radius 3 is 2.55 bits per heavy atom. The highest BCUT2D eigenvalue weighted by Gasteiger charge is 2.30. The van der Waals surface area contributed by atoms with E-state index in [1.165, 1.54) is 0 Å². The van der Waals surface area contributed by atoms with Gasteiger partial charge in [0, 0.05) is 22.2 Å². The van der Waals surface area contributed by atoms with Crippen molar-refractivity contribution in [2.45, 2.75) is 11.7 Å². The molecule has 0 saturated heterocycles. The summed E-state index contributed by atoms with van der Waals surface area (Å²) >= 11 is 12.7. The van der Waals surface area contributed by atoms with Crippen molar-refractivity contribution >= 4 is 63.6 Å². The molecule has 10 heteroatoms. The van der Waals surface area contributed by atoms with Crippen molar-refractivity contribution in [1.29, 1.82) is 0 Å². The van der Waals surface area contributed by atoms with Crippen LogP contribution in [0.5, 0.6) is 0 Å². The Hall–Kier alpha value is -1.77. The molecule has 0 aliphatic carbocycles. The molecule has 1 aliphatic rings. The van der Waals surface area contributed by atoms with Gasteiger partial charge in [-0.15, -0.1) is 0 Å². The van der Waals surface area contributed by atoms with Crippen LogP contribution in [0.4, 0.5) is 5.69 Å². The van der Waals surface area contributed by atoms with Crippen LogP contribution in [0.25, 0.3) is 0 Å². The number of nitrogens with two attached hydrogens (primary N) is 2. The Balaban J connectivity index is 1.96. The van der Waals surface area contributed by atoms with Gasteiger partial charge in [-0.05, 0) is 18.2 Å². The minimum absolute atomic E-state index is 0.0688. The van der Waals surface area contributed by atoms with Crippen LogP contribution >= 0.6 is 35.0 Å². The summed E-state index contributed by atoms with van der Waals surface area (Å²) in [5, 5.41) is 2.90. The predicted octanol–water partition coefficient (Wildman–Crippen LogP) is 1.59. The molecule has 22 heavy (non-hydrogen) atoms. The van der Waals surface area contributed by atoms with Gasteiger partial charge in [0.25, 0.3) is 5.91 Å². The molecule has 0 fully saturated rings. The van der Waals surface area contributed by atoms with E-state index in [0.29, 0.717) is 15.7 Å². The van der Waals surface area contributed by atoms with Gasteiger partial charge >= 0.3 is 0 Å². The van der Waals surface area contributed by atoms with E-state index in [2.05, 4.69) is 15.3 Å². The van der Waals surface area contributed by atoms with Crippen LogP contribution in [-0.4, -0.2) is 28.2 Å². The number of rotatable bonds is 3. The summed E-state index contributed by atoms with van der Waals surface area (Å²) < 4.78 is 0. The summed E-state index contributed by atoms with van der Waals surface area (Å²) in [5.74, 6) is -1.02. The molecule has 2 amide bonds. The number of carbonyl (C=O) groups excluding carboxylic acids is 2. The van der Waals surface area contributed by atoms with Crippen molar-refractivity contribution in [3.05, 3.63) is 28.2 Å². The average Bonchev–Trinajstić information content (AvgIpc) is 2.66. The molecule has 116 valence electrons. The lowest BCUT2D eigenvalue weighted by atomic mass is 10.2. The van der Waals surface area contributed by atoms with Crippen molar-refractivity contribution < 1.29 is 9.59 Å². The van der Waals surface area contributed by atoms with E-state index in [1.54, 1.807) is 18.2 Å². The zero-order chi connectivity index (χ0) is 16.3. The number of amidine groups is 1. The highest BCUT2D eigenvalue weighted by atomic mass is 35.5. The Bertz CT molecular complexity index is 668. The van der Waals surface area contributed by atoms with Crippen molar-refractivity contribution in [3.63, 3.8) is 0 Å². The largest absolute Gasteiger partial charge is 0.370 e. The van der Waals surface area contributed by atoms with Crippen LogP contribution in [0, 0.1) is 0 Å². The zero-order valence-electron chi connectivity index (χ0n) is 11.0. The predicted molar refractivity (Wildman–Crippen MR) is 89.3 cm³/mol. The molecule has 1 atom stereocenters. The second kappa shape index (κ2) is 6.99. The maximum Gasteiger partial charge on any atom is 0.262 e. The number of nitrogens with one attached hydrogen (secondary N) is 1. The van der Waals surface area contributed by atoms with E-state index >= 15 is 0 Å². The van der Waals surface area contributed by atoms with E-state index < -0.39 is 11.2 Å². The number of amides is 2. The third kappa shape index (κ3) is 4.62. The third-order valence-electron chi connectivity index (χ3n) is 2.47. The molecule has 1 aromatic carbocycles. The molecule has 1 heterocycles. The van der Waals surface area contributed by atoms with Crippen molar-refractivity contribution in [2.24, 2.45) is 21.5 Å². The number of thioether (sulfide) groups is 1. The summed E-state index contributed by atoms with van der Waals surface area (Å²) in [6.45, 7) is 0. The van der Waals surface area contributed by atoms with Crippen molar-refractivity contribution in [3.8, 4) is 0 Å². The van der Waals surface area contributed by atoms with Crippen LogP contribution in [0.15, 0.2) is 28.2 Å². The molecule has 0 unspecified atom stereocenters. The number of halogens is 2. The standard InChI is InChI=1S/C12H11Cl2N5O2S/c13-5-1-6(14)3-7(2-5)17-9(20)4-8-10(21)18-12(22-8)19-11(15)16/h1-3,8H,4H2,(H,17,20)(H4,15,16,18,19,21)/t8-/m0/s1. The average molecular weight is 360 g/mol. The van der Waals surface area contributed by atoms with Gasteiger partial charge in [-0.2, -0.15) is 9.98 Å².